The number of cyclic esters (lactones) is 1. The SMILES string of the molecule is COc1cc(OC)cc([C@@H]2C=C[C@@H]3CCCC(=O)[C@@]34C(=O)OC[C@H](C)[C@@H]24)c1. The van der Waals surface area contributed by atoms with Crippen LogP contribution in [0.1, 0.15) is 37.7 Å². The van der Waals surface area contributed by atoms with Gasteiger partial charge in [0.1, 0.15) is 16.9 Å². The third kappa shape index (κ3) is 2.59. The number of methoxy groups -OCH3 is 2. The average Bonchev–Trinajstić information content (AvgIpc) is 2.69. The number of hydrogen-bond donors (Lipinski definition) is 0. The van der Waals surface area contributed by atoms with Gasteiger partial charge in [0.15, 0.2) is 5.78 Å². The quantitative estimate of drug-likeness (QED) is 0.463. The van der Waals surface area contributed by atoms with Crippen LogP contribution < -0.4 is 9.47 Å². The first-order valence-electron chi connectivity index (χ1n) is 9.64. The smallest absolute Gasteiger partial charge is 0.320 e. The van der Waals surface area contributed by atoms with Gasteiger partial charge in [0.05, 0.1) is 20.8 Å². The van der Waals surface area contributed by atoms with E-state index in [1.54, 1.807) is 14.2 Å². The van der Waals surface area contributed by atoms with Crippen molar-refractivity contribution in [1.29, 1.82) is 0 Å². The number of benzene rings is 1. The number of hydrogen-bond acceptors (Lipinski definition) is 5. The zero-order valence-corrected chi connectivity index (χ0v) is 16.1. The molecule has 2 fully saturated rings. The molecule has 144 valence electrons. The second-order valence-electron chi connectivity index (χ2n) is 7.95. The maximum absolute atomic E-state index is 13.2. The van der Waals surface area contributed by atoms with Crippen molar-refractivity contribution in [3.8, 4) is 11.5 Å². The molecule has 2 aliphatic carbocycles. The molecule has 0 aromatic heterocycles. The zero-order valence-electron chi connectivity index (χ0n) is 16.1. The van der Waals surface area contributed by atoms with E-state index in [0.29, 0.717) is 24.5 Å². The summed E-state index contributed by atoms with van der Waals surface area (Å²) in [6, 6.07) is 5.79. The standard InChI is InChI=1S/C22H26O5/c1-13-12-27-21(24)22-15(5-4-6-19(22)23)7-8-18(20(13)22)14-9-16(25-2)11-17(10-14)26-3/h7-11,13,15,18,20H,4-6,12H2,1-3H3/t13-,15-,18-,20-,22-/m0/s1. The Kier molecular flexibility index (Phi) is 4.49. The molecule has 1 spiro atoms. The average molecular weight is 370 g/mol. The molecule has 1 aromatic carbocycles. The minimum atomic E-state index is -1.05. The fourth-order valence-electron chi connectivity index (χ4n) is 5.44. The van der Waals surface area contributed by atoms with E-state index in [2.05, 4.69) is 19.1 Å². The number of rotatable bonds is 3. The van der Waals surface area contributed by atoms with E-state index in [-0.39, 0.29) is 35.4 Å². The minimum absolute atomic E-state index is 0.0458. The summed E-state index contributed by atoms with van der Waals surface area (Å²) < 4.78 is 16.4. The van der Waals surface area contributed by atoms with Gasteiger partial charge in [0, 0.05) is 24.3 Å². The molecule has 1 heterocycles. The molecule has 3 aliphatic rings. The molecule has 0 bridgehead atoms. The third-order valence-corrected chi connectivity index (χ3v) is 6.62. The molecule has 5 atom stereocenters. The van der Waals surface area contributed by atoms with Gasteiger partial charge in [0.25, 0.3) is 0 Å². The van der Waals surface area contributed by atoms with E-state index < -0.39 is 5.41 Å². The van der Waals surface area contributed by atoms with Crippen LogP contribution in [0.15, 0.2) is 30.4 Å². The van der Waals surface area contributed by atoms with Gasteiger partial charge in [-0.2, -0.15) is 0 Å². The minimum Gasteiger partial charge on any atom is -0.497 e. The van der Waals surface area contributed by atoms with Gasteiger partial charge >= 0.3 is 5.97 Å². The van der Waals surface area contributed by atoms with E-state index in [0.717, 1.165) is 18.4 Å². The molecule has 1 saturated heterocycles. The molecule has 1 saturated carbocycles. The Morgan fingerprint density at radius 2 is 1.78 bits per heavy atom. The largest absolute Gasteiger partial charge is 0.497 e. The summed E-state index contributed by atoms with van der Waals surface area (Å²) >= 11 is 0. The Hall–Kier alpha value is -2.30. The highest BCUT2D eigenvalue weighted by molar-refractivity contribution is 6.06. The van der Waals surface area contributed by atoms with E-state index >= 15 is 0 Å². The van der Waals surface area contributed by atoms with E-state index in [4.69, 9.17) is 14.2 Å². The lowest BCUT2D eigenvalue weighted by molar-refractivity contribution is -0.186. The summed E-state index contributed by atoms with van der Waals surface area (Å²) in [6.07, 6.45) is 6.39. The number of carbonyl (C=O) groups excluding carboxylic acids is 2. The lowest BCUT2D eigenvalue weighted by Crippen LogP contribution is -2.61. The van der Waals surface area contributed by atoms with Crippen molar-refractivity contribution in [2.45, 2.75) is 32.1 Å². The van der Waals surface area contributed by atoms with Crippen molar-refractivity contribution in [2.24, 2.45) is 23.2 Å². The topological polar surface area (TPSA) is 61.8 Å². The molecule has 0 unspecified atom stereocenters. The number of Topliss-reactive ketones (excluding diaryl/α,β-unsaturated/α-hetero) is 1. The summed E-state index contributed by atoms with van der Waals surface area (Å²) in [7, 11) is 3.25. The van der Waals surface area contributed by atoms with Gasteiger partial charge in [-0.05, 0) is 42.4 Å². The molecule has 5 nitrogen and oxygen atoms in total. The highest BCUT2D eigenvalue weighted by Crippen LogP contribution is 2.58. The molecule has 0 N–H and O–H groups in total. The van der Waals surface area contributed by atoms with Crippen molar-refractivity contribution in [2.75, 3.05) is 20.8 Å². The second-order valence-corrected chi connectivity index (χ2v) is 7.95. The van der Waals surface area contributed by atoms with E-state index in [1.165, 1.54) is 0 Å². The molecule has 0 amide bonds. The Morgan fingerprint density at radius 3 is 2.44 bits per heavy atom. The molecule has 27 heavy (non-hydrogen) atoms. The molecular weight excluding hydrogens is 344 g/mol. The fourth-order valence-corrected chi connectivity index (χ4v) is 5.44. The fraction of sp³-hybridized carbons (Fsp3) is 0.545. The normalized spacial score (nSPS) is 35.1. The van der Waals surface area contributed by atoms with Crippen LogP contribution in [0.2, 0.25) is 0 Å². The summed E-state index contributed by atoms with van der Waals surface area (Å²) in [5.74, 6) is 0.981. The summed E-state index contributed by atoms with van der Waals surface area (Å²) in [6.45, 7) is 2.44. The molecule has 1 aliphatic heterocycles. The van der Waals surface area contributed by atoms with Gasteiger partial charge < -0.3 is 14.2 Å². The van der Waals surface area contributed by atoms with Gasteiger partial charge in [-0.3, -0.25) is 9.59 Å². The molecule has 4 rings (SSSR count). The highest BCUT2D eigenvalue weighted by Gasteiger charge is 2.64. The van der Waals surface area contributed by atoms with Crippen LogP contribution in [0.4, 0.5) is 0 Å². The first-order valence-corrected chi connectivity index (χ1v) is 9.64. The van der Waals surface area contributed by atoms with Gasteiger partial charge in [-0.25, -0.2) is 0 Å². The number of ether oxygens (including phenoxy) is 3. The summed E-state index contributed by atoms with van der Waals surface area (Å²) in [5, 5.41) is 0. The monoisotopic (exact) mass is 370 g/mol. The Balaban J connectivity index is 1.88. The van der Waals surface area contributed by atoms with E-state index in [9.17, 15) is 9.59 Å². The van der Waals surface area contributed by atoms with Crippen molar-refractivity contribution in [1.82, 2.24) is 0 Å². The van der Waals surface area contributed by atoms with Crippen LogP contribution in [0.5, 0.6) is 11.5 Å². The second kappa shape index (κ2) is 6.70. The zero-order chi connectivity index (χ0) is 19.2. The van der Waals surface area contributed by atoms with Crippen LogP contribution in [0.3, 0.4) is 0 Å². The van der Waals surface area contributed by atoms with Crippen molar-refractivity contribution in [3.05, 3.63) is 35.9 Å². The Morgan fingerprint density at radius 1 is 1.07 bits per heavy atom. The van der Waals surface area contributed by atoms with Crippen LogP contribution in [0.25, 0.3) is 0 Å². The van der Waals surface area contributed by atoms with E-state index in [1.807, 2.05) is 18.2 Å². The predicted molar refractivity (Wildman–Crippen MR) is 99.8 cm³/mol. The number of allylic oxidation sites excluding steroid dienone is 2. The van der Waals surface area contributed by atoms with Crippen LogP contribution in [-0.4, -0.2) is 32.6 Å². The molecule has 0 radical (unpaired) electrons. The van der Waals surface area contributed by atoms with Crippen LogP contribution in [-0.2, 0) is 14.3 Å². The Bertz CT molecular complexity index is 766. The molecular formula is C22H26O5. The predicted octanol–water partition coefficient (Wildman–Crippen LogP) is 3.52. The highest BCUT2D eigenvalue weighted by atomic mass is 16.5. The third-order valence-electron chi connectivity index (χ3n) is 6.62. The lowest BCUT2D eigenvalue weighted by atomic mass is 9.49. The summed E-state index contributed by atoms with van der Waals surface area (Å²) in [5.41, 5.74) is -0.0451. The number of ketones is 1. The number of esters is 1. The molecule has 5 heteroatoms. The van der Waals surface area contributed by atoms with Crippen molar-refractivity contribution in [3.63, 3.8) is 0 Å². The van der Waals surface area contributed by atoms with Gasteiger partial charge in [-0.1, -0.05) is 19.1 Å². The Labute approximate surface area is 159 Å². The first-order chi connectivity index (χ1) is 13.0. The summed E-state index contributed by atoms with van der Waals surface area (Å²) in [4.78, 5) is 26.2. The maximum Gasteiger partial charge on any atom is 0.320 e. The van der Waals surface area contributed by atoms with Gasteiger partial charge in [0.2, 0.25) is 0 Å². The lowest BCUT2D eigenvalue weighted by Gasteiger charge is -2.54. The van der Waals surface area contributed by atoms with Crippen molar-refractivity contribution >= 4 is 11.8 Å². The first kappa shape index (κ1) is 18.1. The molecule has 1 aromatic rings. The van der Waals surface area contributed by atoms with Crippen LogP contribution >= 0.6 is 0 Å². The maximum atomic E-state index is 13.2. The number of carbonyl (C=O) groups is 2. The van der Waals surface area contributed by atoms with Gasteiger partial charge in [-0.15, -0.1) is 0 Å². The van der Waals surface area contributed by atoms with Crippen molar-refractivity contribution < 1.29 is 23.8 Å². The van der Waals surface area contributed by atoms with Crippen LogP contribution in [0, 0.1) is 23.2 Å².